The van der Waals surface area contributed by atoms with Gasteiger partial charge in [0.15, 0.2) is 0 Å². The van der Waals surface area contributed by atoms with Crippen LogP contribution in [0.4, 0.5) is 5.69 Å². The number of aliphatic hydroxyl groups excluding tert-OH is 1. The van der Waals surface area contributed by atoms with E-state index in [4.69, 9.17) is 0 Å². The molecule has 1 aliphatic rings. The zero-order valence-electron chi connectivity index (χ0n) is 10.8. The second kappa shape index (κ2) is 5.33. The van der Waals surface area contributed by atoms with Crippen LogP contribution in [0.15, 0.2) is 29.2 Å². The SMILES string of the molecule is CC(C)Sc1ccc(NC(=O)C2(CO)CC2)cc1. The molecule has 2 N–H and O–H groups in total. The molecule has 3 nitrogen and oxygen atoms in total. The van der Waals surface area contributed by atoms with E-state index < -0.39 is 5.41 Å². The fourth-order valence-corrected chi connectivity index (χ4v) is 2.60. The van der Waals surface area contributed by atoms with Crippen molar-refractivity contribution in [3.05, 3.63) is 24.3 Å². The Morgan fingerprint density at radius 2 is 2.00 bits per heavy atom. The van der Waals surface area contributed by atoms with E-state index in [2.05, 4.69) is 19.2 Å². The highest BCUT2D eigenvalue weighted by Gasteiger charge is 2.49. The van der Waals surface area contributed by atoms with Crippen LogP contribution < -0.4 is 5.32 Å². The molecular weight excluding hydrogens is 246 g/mol. The molecular formula is C14H19NO2S. The third kappa shape index (κ3) is 3.06. The molecule has 1 saturated carbocycles. The van der Waals surface area contributed by atoms with Gasteiger partial charge in [-0.3, -0.25) is 4.79 Å². The van der Waals surface area contributed by atoms with E-state index in [1.165, 1.54) is 4.90 Å². The number of aliphatic hydroxyl groups is 1. The summed E-state index contributed by atoms with van der Waals surface area (Å²) in [7, 11) is 0. The van der Waals surface area contributed by atoms with Gasteiger partial charge in [-0.05, 0) is 37.1 Å². The van der Waals surface area contributed by atoms with Crippen molar-refractivity contribution in [2.24, 2.45) is 5.41 Å². The monoisotopic (exact) mass is 265 g/mol. The molecule has 1 aliphatic carbocycles. The zero-order chi connectivity index (χ0) is 13.2. The lowest BCUT2D eigenvalue weighted by Gasteiger charge is -2.12. The van der Waals surface area contributed by atoms with Gasteiger partial charge in [-0.1, -0.05) is 13.8 Å². The van der Waals surface area contributed by atoms with Gasteiger partial charge in [-0.25, -0.2) is 0 Å². The minimum Gasteiger partial charge on any atom is -0.395 e. The van der Waals surface area contributed by atoms with E-state index in [-0.39, 0.29) is 12.5 Å². The first-order valence-corrected chi connectivity index (χ1v) is 7.13. The fourth-order valence-electron chi connectivity index (χ4n) is 1.76. The predicted octanol–water partition coefficient (Wildman–Crippen LogP) is 2.90. The quantitative estimate of drug-likeness (QED) is 0.805. The second-order valence-electron chi connectivity index (χ2n) is 5.08. The number of anilines is 1. The molecule has 0 heterocycles. The second-order valence-corrected chi connectivity index (χ2v) is 6.73. The summed E-state index contributed by atoms with van der Waals surface area (Å²) in [5.74, 6) is -0.0609. The largest absolute Gasteiger partial charge is 0.395 e. The Hall–Kier alpha value is -1.00. The molecule has 1 aromatic carbocycles. The van der Waals surface area contributed by atoms with E-state index in [0.29, 0.717) is 5.25 Å². The zero-order valence-corrected chi connectivity index (χ0v) is 11.6. The molecule has 1 fully saturated rings. The number of carbonyl (C=O) groups excluding carboxylic acids is 1. The summed E-state index contributed by atoms with van der Waals surface area (Å²) < 4.78 is 0. The van der Waals surface area contributed by atoms with Gasteiger partial charge in [0.05, 0.1) is 12.0 Å². The first kappa shape index (κ1) is 13.4. The van der Waals surface area contributed by atoms with Crippen molar-refractivity contribution in [2.45, 2.75) is 36.8 Å². The number of rotatable bonds is 5. The van der Waals surface area contributed by atoms with Crippen LogP contribution in [0.1, 0.15) is 26.7 Å². The van der Waals surface area contributed by atoms with Gasteiger partial charge in [-0.2, -0.15) is 0 Å². The molecule has 18 heavy (non-hydrogen) atoms. The third-order valence-electron chi connectivity index (χ3n) is 3.12. The van der Waals surface area contributed by atoms with Gasteiger partial charge in [0.25, 0.3) is 0 Å². The maximum Gasteiger partial charge on any atom is 0.232 e. The smallest absolute Gasteiger partial charge is 0.232 e. The Labute approximate surface area is 112 Å². The highest BCUT2D eigenvalue weighted by Crippen LogP contribution is 2.45. The van der Waals surface area contributed by atoms with Crippen LogP contribution in [0.3, 0.4) is 0 Å². The Morgan fingerprint density at radius 1 is 1.39 bits per heavy atom. The molecule has 1 aromatic rings. The normalized spacial score (nSPS) is 16.7. The summed E-state index contributed by atoms with van der Waals surface area (Å²) in [5, 5.41) is 12.6. The van der Waals surface area contributed by atoms with Gasteiger partial charge in [0.2, 0.25) is 5.91 Å². The van der Waals surface area contributed by atoms with Gasteiger partial charge < -0.3 is 10.4 Å². The van der Waals surface area contributed by atoms with E-state index in [0.717, 1.165) is 18.5 Å². The topological polar surface area (TPSA) is 49.3 Å². The summed E-state index contributed by atoms with van der Waals surface area (Å²) in [5.41, 5.74) is 0.290. The van der Waals surface area contributed by atoms with Crippen molar-refractivity contribution >= 4 is 23.4 Å². The van der Waals surface area contributed by atoms with Crippen molar-refractivity contribution in [3.63, 3.8) is 0 Å². The van der Waals surface area contributed by atoms with Crippen LogP contribution in [0, 0.1) is 5.41 Å². The number of thioether (sulfide) groups is 1. The molecule has 0 unspecified atom stereocenters. The average Bonchev–Trinajstić information content (AvgIpc) is 3.12. The Kier molecular flexibility index (Phi) is 3.97. The van der Waals surface area contributed by atoms with E-state index in [9.17, 15) is 9.90 Å². The van der Waals surface area contributed by atoms with Crippen molar-refractivity contribution in [1.29, 1.82) is 0 Å². The maximum absolute atomic E-state index is 11.9. The van der Waals surface area contributed by atoms with Crippen LogP contribution in [-0.2, 0) is 4.79 Å². The Bertz CT molecular complexity index is 424. The number of hydrogen-bond acceptors (Lipinski definition) is 3. The van der Waals surface area contributed by atoms with Crippen LogP contribution in [0.5, 0.6) is 0 Å². The lowest BCUT2D eigenvalue weighted by molar-refractivity contribution is -0.122. The number of hydrogen-bond donors (Lipinski definition) is 2. The molecule has 2 rings (SSSR count). The molecule has 0 atom stereocenters. The van der Waals surface area contributed by atoms with Crippen LogP contribution >= 0.6 is 11.8 Å². The number of carbonyl (C=O) groups is 1. The summed E-state index contributed by atoms with van der Waals surface area (Å²) in [6.45, 7) is 4.25. The minimum absolute atomic E-state index is 0.0554. The summed E-state index contributed by atoms with van der Waals surface area (Å²) in [4.78, 5) is 13.1. The van der Waals surface area contributed by atoms with Crippen molar-refractivity contribution in [2.75, 3.05) is 11.9 Å². The van der Waals surface area contributed by atoms with E-state index >= 15 is 0 Å². The average molecular weight is 265 g/mol. The Morgan fingerprint density at radius 3 is 2.44 bits per heavy atom. The van der Waals surface area contributed by atoms with Crippen LogP contribution in [-0.4, -0.2) is 22.9 Å². The Balaban J connectivity index is 1.96. The summed E-state index contributed by atoms with van der Waals surface area (Å²) in [6, 6.07) is 7.85. The van der Waals surface area contributed by atoms with E-state index in [1.54, 1.807) is 11.8 Å². The third-order valence-corrected chi connectivity index (χ3v) is 4.14. The summed E-state index contributed by atoms with van der Waals surface area (Å²) in [6.07, 6.45) is 1.58. The first-order chi connectivity index (χ1) is 8.55. The molecule has 0 radical (unpaired) electrons. The first-order valence-electron chi connectivity index (χ1n) is 6.25. The van der Waals surface area contributed by atoms with Gasteiger partial charge in [-0.15, -0.1) is 11.8 Å². The molecule has 1 amide bonds. The fraction of sp³-hybridized carbons (Fsp3) is 0.500. The molecule has 0 spiro atoms. The highest BCUT2D eigenvalue weighted by molar-refractivity contribution is 7.99. The van der Waals surface area contributed by atoms with Crippen molar-refractivity contribution in [3.8, 4) is 0 Å². The molecule has 98 valence electrons. The number of benzene rings is 1. The van der Waals surface area contributed by atoms with Gasteiger partial charge in [0.1, 0.15) is 0 Å². The van der Waals surface area contributed by atoms with Crippen LogP contribution in [0.25, 0.3) is 0 Å². The predicted molar refractivity (Wildman–Crippen MR) is 74.8 cm³/mol. The van der Waals surface area contributed by atoms with Gasteiger partial charge >= 0.3 is 0 Å². The summed E-state index contributed by atoms with van der Waals surface area (Å²) >= 11 is 1.80. The van der Waals surface area contributed by atoms with Gasteiger partial charge in [0, 0.05) is 15.8 Å². The molecule has 0 saturated heterocycles. The number of amides is 1. The molecule has 4 heteroatoms. The maximum atomic E-state index is 11.9. The lowest BCUT2D eigenvalue weighted by Crippen LogP contribution is -2.27. The minimum atomic E-state index is -0.509. The van der Waals surface area contributed by atoms with Crippen molar-refractivity contribution < 1.29 is 9.90 Å². The molecule has 0 aliphatic heterocycles. The molecule has 0 aromatic heterocycles. The van der Waals surface area contributed by atoms with Crippen LogP contribution in [0.2, 0.25) is 0 Å². The lowest BCUT2D eigenvalue weighted by atomic mass is 10.1. The van der Waals surface area contributed by atoms with E-state index in [1.807, 2.05) is 24.3 Å². The van der Waals surface area contributed by atoms with Crippen molar-refractivity contribution in [1.82, 2.24) is 0 Å². The molecule has 0 bridgehead atoms. The number of nitrogens with one attached hydrogen (secondary N) is 1. The standard InChI is InChI=1S/C14H19NO2S/c1-10(2)18-12-5-3-11(4-6-12)15-13(17)14(9-16)7-8-14/h3-6,10,16H,7-9H2,1-2H3,(H,15,17). The highest BCUT2D eigenvalue weighted by atomic mass is 32.2.